The van der Waals surface area contributed by atoms with Crippen LogP contribution in [0.2, 0.25) is 0 Å². The zero-order chi connectivity index (χ0) is 12.3. The van der Waals surface area contributed by atoms with Crippen LogP contribution in [0.4, 0.5) is 5.82 Å². The molecule has 1 saturated heterocycles. The van der Waals surface area contributed by atoms with Gasteiger partial charge >= 0.3 is 0 Å². The van der Waals surface area contributed by atoms with E-state index in [1.54, 1.807) is 0 Å². The number of hydrogen-bond donors (Lipinski definition) is 0. The highest BCUT2D eigenvalue weighted by Crippen LogP contribution is 2.25. The molecule has 0 N–H and O–H groups in total. The van der Waals surface area contributed by atoms with Gasteiger partial charge in [-0.25, -0.2) is 0 Å². The maximum atomic E-state index is 4.33. The Morgan fingerprint density at radius 1 is 1.29 bits per heavy atom. The largest absolute Gasteiger partial charge is 0.355 e. The van der Waals surface area contributed by atoms with E-state index < -0.39 is 0 Å². The van der Waals surface area contributed by atoms with Crippen molar-refractivity contribution in [1.29, 1.82) is 0 Å². The Bertz CT molecular complexity index is 376. The fraction of sp³-hybridized carbons (Fsp3) is 0.714. The fourth-order valence-corrected chi connectivity index (χ4v) is 2.60. The van der Waals surface area contributed by atoms with Crippen molar-refractivity contribution >= 4 is 5.82 Å². The van der Waals surface area contributed by atoms with E-state index in [0.717, 1.165) is 24.8 Å². The van der Waals surface area contributed by atoms with Crippen LogP contribution < -0.4 is 4.90 Å². The molecule has 0 aromatic carbocycles. The molecule has 0 aliphatic carbocycles. The second kappa shape index (κ2) is 5.48. The summed E-state index contributed by atoms with van der Waals surface area (Å²) >= 11 is 0. The van der Waals surface area contributed by atoms with E-state index in [1.807, 2.05) is 6.20 Å². The number of rotatable bonds is 2. The SMILES string of the molecule is CCC1CCCN(c2nncc(C)c2C)CC1. The van der Waals surface area contributed by atoms with E-state index in [1.165, 1.54) is 36.8 Å². The first kappa shape index (κ1) is 12.3. The van der Waals surface area contributed by atoms with Gasteiger partial charge in [0.05, 0.1) is 6.20 Å². The number of hydrogen-bond acceptors (Lipinski definition) is 3. The molecule has 0 saturated carbocycles. The van der Waals surface area contributed by atoms with Crippen LogP contribution in [0.25, 0.3) is 0 Å². The lowest BCUT2D eigenvalue weighted by atomic mass is 9.98. The van der Waals surface area contributed by atoms with Crippen molar-refractivity contribution in [2.45, 2.75) is 46.5 Å². The lowest BCUT2D eigenvalue weighted by Crippen LogP contribution is -2.26. The van der Waals surface area contributed by atoms with E-state index in [2.05, 4.69) is 35.9 Å². The molecule has 1 fully saturated rings. The van der Waals surface area contributed by atoms with Gasteiger partial charge in [0, 0.05) is 13.1 Å². The Balaban J connectivity index is 2.14. The summed E-state index contributed by atoms with van der Waals surface area (Å²) in [6, 6.07) is 0. The summed E-state index contributed by atoms with van der Waals surface area (Å²) in [5.41, 5.74) is 2.53. The summed E-state index contributed by atoms with van der Waals surface area (Å²) in [5, 5.41) is 8.43. The predicted molar refractivity (Wildman–Crippen MR) is 71.4 cm³/mol. The second-order valence-corrected chi connectivity index (χ2v) is 5.17. The average molecular weight is 233 g/mol. The Labute approximate surface area is 104 Å². The normalized spacial score (nSPS) is 21.4. The van der Waals surface area contributed by atoms with Gasteiger partial charge in [0.15, 0.2) is 5.82 Å². The lowest BCUT2D eigenvalue weighted by molar-refractivity contribution is 0.459. The van der Waals surface area contributed by atoms with Gasteiger partial charge in [-0.1, -0.05) is 13.3 Å². The first-order valence-electron chi connectivity index (χ1n) is 6.76. The van der Waals surface area contributed by atoms with Crippen LogP contribution >= 0.6 is 0 Å². The molecule has 3 nitrogen and oxygen atoms in total. The van der Waals surface area contributed by atoms with E-state index in [0.29, 0.717) is 0 Å². The van der Waals surface area contributed by atoms with Gasteiger partial charge in [0.25, 0.3) is 0 Å². The van der Waals surface area contributed by atoms with Gasteiger partial charge in [0.2, 0.25) is 0 Å². The van der Waals surface area contributed by atoms with Gasteiger partial charge in [0.1, 0.15) is 0 Å². The van der Waals surface area contributed by atoms with Crippen molar-refractivity contribution in [3.05, 3.63) is 17.3 Å². The van der Waals surface area contributed by atoms with Gasteiger partial charge in [-0.2, -0.15) is 5.10 Å². The molecule has 1 unspecified atom stereocenters. The van der Waals surface area contributed by atoms with Crippen molar-refractivity contribution < 1.29 is 0 Å². The van der Waals surface area contributed by atoms with Gasteiger partial charge < -0.3 is 4.90 Å². The Morgan fingerprint density at radius 2 is 2.12 bits per heavy atom. The molecule has 1 aliphatic heterocycles. The van der Waals surface area contributed by atoms with Crippen LogP contribution in [0.15, 0.2) is 6.20 Å². The second-order valence-electron chi connectivity index (χ2n) is 5.17. The molecule has 1 aromatic heterocycles. The van der Waals surface area contributed by atoms with Crippen LogP contribution in [0.3, 0.4) is 0 Å². The predicted octanol–water partition coefficient (Wildman–Crippen LogP) is 3.11. The van der Waals surface area contributed by atoms with Gasteiger partial charge in [-0.05, 0) is 50.2 Å². The van der Waals surface area contributed by atoms with Crippen LogP contribution in [0, 0.1) is 19.8 Å². The van der Waals surface area contributed by atoms with Crippen molar-refractivity contribution in [3.8, 4) is 0 Å². The van der Waals surface area contributed by atoms with Crippen molar-refractivity contribution in [3.63, 3.8) is 0 Å². The minimum Gasteiger partial charge on any atom is -0.355 e. The van der Waals surface area contributed by atoms with Crippen LogP contribution in [0.1, 0.15) is 43.7 Å². The summed E-state index contributed by atoms with van der Waals surface area (Å²) in [6.45, 7) is 8.84. The minimum atomic E-state index is 0.901. The maximum absolute atomic E-state index is 4.33. The highest BCUT2D eigenvalue weighted by molar-refractivity contribution is 5.48. The monoisotopic (exact) mass is 233 g/mol. The zero-order valence-electron chi connectivity index (χ0n) is 11.2. The molecule has 1 aromatic rings. The Kier molecular flexibility index (Phi) is 3.97. The average Bonchev–Trinajstić information content (AvgIpc) is 2.58. The lowest BCUT2D eigenvalue weighted by Gasteiger charge is -2.23. The molecule has 0 bridgehead atoms. The number of aromatic nitrogens is 2. The summed E-state index contributed by atoms with van der Waals surface area (Å²) in [4.78, 5) is 2.42. The standard InChI is InChI=1S/C14H23N3/c1-4-13-6-5-8-17(9-7-13)14-12(3)11(2)10-15-16-14/h10,13H,4-9H2,1-3H3. The number of anilines is 1. The molecule has 1 atom stereocenters. The molecule has 0 spiro atoms. The van der Waals surface area contributed by atoms with Crippen molar-refractivity contribution in [2.75, 3.05) is 18.0 Å². The highest BCUT2D eigenvalue weighted by atomic mass is 15.3. The molecule has 17 heavy (non-hydrogen) atoms. The summed E-state index contributed by atoms with van der Waals surface area (Å²) in [7, 11) is 0. The van der Waals surface area contributed by atoms with Crippen molar-refractivity contribution in [2.24, 2.45) is 5.92 Å². The number of aryl methyl sites for hydroxylation is 1. The van der Waals surface area contributed by atoms with E-state index in [4.69, 9.17) is 0 Å². The third kappa shape index (κ3) is 2.76. The molecule has 1 aliphatic rings. The summed E-state index contributed by atoms with van der Waals surface area (Å²) in [6.07, 6.45) is 7.11. The van der Waals surface area contributed by atoms with Crippen LogP contribution in [0.5, 0.6) is 0 Å². The maximum Gasteiger partial charge on any atom is 0.154 e. The molecule has 0 radical (unpaired) electrons. The fourth-order valence-electron chi connectivity index (χ4n) is 2.60. The Hall–Kier alpha value is -1.12. The van der Waals surface area contributed by atoms with Gasteiger partial charge in [-0.15, -0.1) is 5.10 Å². The van der Waals surface area contributed by atoms with E-state index in [-0.39, 0.29) is 0 Å². The van der Waals surface area contributed by atoms with Crippen molar-refractivity contribution in [1.82, 2.24) is 10.2 Å². The molecule has 2 heterocycles. The molecule has 2 rings (SSSR count). The topological polar surface area (TPSA) is 29.0 Å². The van der Waals surface area contributed by atoms with Crippen LogP contribution in [-0.2, 0) is 0 Å². The summed E-state index contributed by atoms with van der Waals surface area (Å²) < 4.78 is 0. The molecule has 0 amide bonds. The smallest absolute Gasteiger partial charge is 0.154 e. The zero-order valence-corrected chi connectivity index (χ0v) is 11.2. The number of nitrogens with zero attached hydrogens (tertiary/aromatic N) is 3. The van der Waals surface area contributed by atoms with Gasteiger partial charge in [-0.3, -0.25) is 0 Å². The third-order valence-corrected chi connectivity index (χ3v) is 4.06. The molecule has 94 valence electrons. The first-order chi connectivity index (χ1) is 8.22. The quantitative estimate of drug-likeness (QED) is 0.786. The van der Waals surface area contributed by atoms with E-state index >= 15 is 0 Å². The Morgan fingerprint density at radius 3 is 2.88 bits per heavy atom. The minimum absolute atomic E-state index is 0.901. The van der Waals surface area contributed by atoms with Crippen LogP contribution in [-0.4, -0.2) is 23.3 Å². The molecule has 3 heteroatoms. The third-order valence-electron chi connectivity index (χ3n) is 4.06. The molecular weight excluding hydrogens is 210 g/mol. The van der Waals surface area contributed by atoms with E-state index in [9.17, 15) is 0 Å². The first-order valence-corrected chi connectivity index (χ1v) is 6.76. The highest BCUT2D eigenvalue weighted by Gasteiger charge is 2.18. The molecular formula is C14H23N3. The summed E-state index contributed by atoms with van der Waals surface area (Å²) in [5.74, 6) is 2.00.